The van der Waals surface area contributed by atoms with Crippen LogP contribution >= 0.6 is 0 Å². The summed E-state index contributed by atoms with van der Waals surface area (Å²) in [6.45, 7) is 2.27. The summed E-state index contributed by atoms with van der Waals surface area (Å²) in [5.74, 6) is 0.550. The number of nitrogens with one attached hydrogen (secondary N) is 1. The number of aryl methyl sites for hydroxylation is 1. The quantitative estimate of drug-likeness (QED) is 0.288. The van der Waals surface area contributed by atoms with Crippen molar-refractivity contribution in [3.8, 4) is 0 Å². The molecule has 1 saturated heterocycles. The van der Waals surface area contributed by atoms with Gasteiger partial charge >= 0.3 is 0 Å². The van der Waals surface area contributed by atoms with Gasteiger partial charge in [0.25, 0.3) is 0 Å². The topological polar surface area (TPSA) is 126 Å². The lowest BCUT2D eigenvalue weighted by Gasteiger charge is -2.17. The van der Waals surface area contributed by atoms with E-state index < -0.39 is 31.1 Å². The molecule has 0 aliphatic carbocycles. The van der Waals surface area contributed by atoms with Crippen molar-refractivity contribution in [1.29, 1.82) is 0 Å². The van der Waals surface area contributed by atoms with Gasteiger partial charge in [0, 0.05) is 6.54 Å². The third-order valence-corrected chi connectivity index (χ3v) is 6.90. The molecule has 0 saturated carbocycles. The maximum absolute atomic E-state index is 10.4. The molecular formula is C26H25N5O4. The van der Waals surface area contributed by atoms with Crippen LogP contribution in [0.1, 0.15) is 17.4 Å². The first kappa shape index (κ1) is 21.9. The van der Waals surface area contributed by atoms with Crippen LogP contribution in [0.15, 0.2) is 61.2 Å². The fraction of sp³-hybridized carbons (Fsp3) is 0.269. The summed E-state index contributed by atoms with van der Waals surface area (Å²) < 4.78 is 7.21. The average molecular weight is 472 g/mol. The zero-order valence-electron chi connectivity index (χ0n) is 19.0. The molecule has 3 aromatic carbocycles. The fourth-order valence-corrected chi connectivity index (χ4v) is 5.08. The Balaban J connectivity index is 1.38. The van der Waals surface area contributed by atoms with E-state index in [1.165, 1.54) is 39.8 Å². The van der Waals surface area contributed by atoms with Gasteiger partial charge in [0.1, 0.15) is 24.6 Å². The van der Waals surface area contributed by atoms with Crippen molar-refractivity contribution in [2.24, 2.45) is 0 Å². The van der Waals surface area contributed by atoms with Crippen molar-refractivity contribution < 1.29 is 20.1 Å². The van der Waals surface area contributed by atoms with Gasteiger partial charge in [-0.05, 0) is 39.6 Å². The number of rotatable bonds is 5. The van der Waals surface area contributed by atoms with E-state index in [-0.39, 0.29) is 0 Å². The Morgan fingerprint density at radius 2 is 1.57 bits per heavy atom. The first-order chi connectivity index (χ1) is 17.1. The van der Waals surface area contributed by atoms with E-state index in [1.54, 1.807) is 4.57 Å². The van der Waals surface area contributed by atoms with E-state index in [0.717, 1.165) is 5.56 Å². The lowest BCUT2D eigenvalue weighted by Crippen LogP contribution is -2.33. The molecular weight excluding hydrogens is 446 g/mol. The van der Waals surface area contributed by atoms with Crippen LogP contribution in [0, 0.1) is 6.92 Å². The number of aromatic nitrogens is 4. The van der Waals surface area contributed by atoms with Crippen molar-refractivity contribution in [3.05, 3.63) is 72.3 Å². The highest BCUT2D eigenvalue weighted by Crippen LogP contribution is 2.34. The molecule has 35 heavy (non-hydrogen) atoms. The number of imidazole rings is 1. The average Bonchev–Trinajstić information content (AvgIpc) is 3.45. The van der Waals surface area contributed by atoms with E-state index in [0.29, 0.717) is 23.5 Å². The van der Waals surface area contributed by atoms with E-state index in [9.17, 15) is 15.3 Å². The van der Waals surface area contributed by atoms with Gasteiger partial charge in [0.2, 0.25) is 0 Å². The fourth-order valence-electron chi connectivity index (χ4n) is 5.08. The van der Waals surface area contributed by atoms with Crippen molar-refractivity contribution in [1.82, 2.24) is 19.5 Å². The van der Waals surface area contributed by atoms with E-state index in [2.05, 4.69) is 63.6 Å². The van der Waals surface area contributed by atoms with Crippen LogP contribution in [0.4, 0.5) is 5.82 Å². The number of anilines is 1. The molecule has 4 atom stereocenters. The molecule has 0 spiro atoms. The van der Waals surface area contributed by atoms with Gasteiger partial charge in [0.05, 0.1) is 12.9 Å². The minimum Gasteiger partial charge on any atom is -0.394 e. The molecule has 3 heterocycles. The highest BCUT2D eigenvalue weighted by molar-refractivity contribution is 6.05. The van der Waals surface area contributed by atoms with Crippen molar-refractivity contribution >= 4 is 38.5 Å². The molecule has 0 bridgehead atoms. The molecule has 1 aliphatic heterocycles. The number of nitrogens with zero attached hydrogens (tertiary/aromatic N) is 4. The predicted octanol–water partition coefficient (Wildman–Crippen LogP) is 2.66. The van der Waals surface area contributed by atoms with E-state index >= 15 is 0 Å². The van der Waals surface area contributed by atoms with Gasteiger partial charge in [-0.1, -0.05) is 48.5 Å². The molecule has 9 heteroatoms. The van der Waals surface area contributed by atoms with Crippen LogP contribution in [-0.4, -0.2) is 59.8 Å². The highest BCUT2D eigenvalue weighted by Gasteiger charge is 2.44. The van der Waals surface area contributed by atoms with Gasteiger partial charge in [-0.3, -0.25) is 4.57 Å². The Morgan fingerprint density at radius 1 is 0.914 bits per heavy atom. The van der Waals surface area contributed by atoms with Gasteiger partial charge < -0.3 is 25.4 Å². The minimum atomic E-state index is -1.22. The number of ether oxygens (including phenoxy) is 1. The first-order valence-corrected chi connectivity index (χ1v) is 11.5. The van der Waals surface area contributed by atoms with E-state index in [1.807, 2.05) is 12.1 Å². The van der Waals surface area contributed by atoms with Crippen molar-refractivity contribution in [2.45, 2.75) is 38.0 Å². The molecule has 2 aromatic heterocycles. The predicted molar refractivity (Wildman–Crippen MR) is 132 cm³/mol. The molecule has 5 aromatic rings. The smallest absolute Gasteiger partial charge is 0.167 e. The van der Waals surface area contributed by atoms with Gasteiger partial charge in [0.15, 0.2) is 23.2 Å². The van der Waals surface area contributed by atoms with Crippen molar-refractivity contribution in [2.75, 3.05) is 11.9 Å². The molecule has 0 amide bonds. The summed E-state index contributed by atoms with van der Waals surface area (Å²) in [5, 5.41) is 38.2. The normalized spacial score (nSPS) is 22.4. The zero-order chi connectivity index (χ0) is 24.1. The molecule has 0 unspecified atom stereocenters. The second kappa shape index (κ2) is 8.54. The number of hydrogen-bond donors (Lipinski definition) is 4. The highest BCUT2D eigenvalue weighted by atomic mass is 16.6. The second-order valence-corrected chi connectivity index (χ2v) is 8.82. The van der Waals surface area contributed by atoms with Crippen LogP contribution in [0.2, 0.25) is 0 Å². The Labute approximate surface area is 200 Å². The van der Waals surface area contributed by atoms with Gasteiger partial charge in [-0.25, -0.2) is 15.0 Å². The van der Waals surface area contributed by atoms with E-state index in [4.69, 9.17) is 4.74 Å². The van der Waals surface area contributed by atoms with Crippen LogP contribution in [0.3, 0.4) is 0 Å². The molecule has 178 valence electrons. The Kier molecular flexibility index (Phi) is 5.34. The van der Waals surface area contributed by atoms with Crippen LogP contribution in [0.25, 0.3) is 32.7 Å². The zero-order valence-corrected chi connectivity index (χ0v) is 19.0. The number of fused-ring (bicyclic) bond motifs is 3. The third kappa shape index (κ3) is 3.43. The number of aliphatic hydroxyl groups excluding tert-OH is 3. The molecule has 0 radical (unpaired) electrons. The lowest BCUT2D eigenvalue weighted by atomic mass is 9.92. The summed E-state index contributed by atoms with van der Waals surface area (Å²) in [6, 6.07) is 16.8. The van der Waals surface area contributed by atoms with Crippen LogP contribution in [-0.2, 0) is 11.3 Å². The number of aliphatic hydroxyl groups is 3. The summed E-state index contributed by atoms with van der Waals surface area (Å²) in [7, 11) is 0. The SMILES string of the molecule is Cc1c2ccccc2c(CNc2ncnc3c2ncn3[C@@H]2O[C@H](CO)[C@@H](O)[C@H]2O)c2ccccc12. The Bertz CT molecular complexity index is 1490. The first-order valence-electron chi connectivity index (χ1n) is 11.5. The third-order valence-electron chi connectivity index (χ3n) is 6.90. The molecule has 1 fully saturated rings. The maximum atomic E-state index is 10.4. The maximum Gasteiger partial charge on any atom is 0.167 e. The Hall–Kier alpha value is -3.63. The number of hydrogen-bond acceptors (Lipinski definition) is 8. The molecule has 4 N–H and O–H groups in total. The molecule has 6 rings (SSSR count). The monoisotopic (exact) mass is 471 g/mol. The van der Waals surface area contributed by atoms with Gasteiger partial charge in [-0.2, -0.15) is 0 Å². The van der Waals surface area contributed by atoms with Crippen LogP contribution < -0.4 is 5.32 Å². The summed E-state index contributed by atoms with van der Waals surface area (Å²) >= 11 is 0. The molecule has 9 nitrogen and oxygen atoms in total. The van der Waals surface area contributed by atoms with Crippen molar-refractivity contribution in [3.63, 3.8) is 0 Å². The molecule has 1 aliphatic rings. The second-order valence-electron chi connectivity index (χ2n) is 8.82. The summed E-state index contributed by atoms with van der Waals surface area (Å²) in [4.78, 5) is 13.2. The lowest BCUT2D eigenvalue weighted by molar-refractivity contribution is -0.0511. The van der Waals surface area contributed by atoms with Crippen LogP contribution in [0.5, 0.6) is 0 Å². The Morgan fingerprint density at radius 3 is 2.20 bits per heavy atom. The largest absolute Gasteiger partial charge is 0.394 e. The summed E-state index contributed by atoms with van der Waals surface area (Å²) in [5.41, 5.74) is 3.39. The summed E-state index contributed by atoms with van der Waals surface area (Å²) in [6.07, 6.45) is -1.29. The minimum absolute atomic E-state index is 0.401. The number of benzene rings is 3. The standard InChI is InChI=1S/C26H25N5O4/c1-14-15-6-2-4-8-17(15)19(18-9-5-3-7-16(14)18)10-27-24-21-25(29-12-28-24)31(13-30-21)26-23(34)22(33)20(11-32)35-26/h2-9,12-13,20,22-23,26,32-34H,10-11H2,1H3,(H,27,28,29)/t20-,22-,23-,26-/m1/s1. The van der Waals surface area contributed by atoms with Gasteiger partial charge in [-0.15, -0.1) is 0 Å².